The molecule has 1 heterocycles. The van der Waals surface area contributed by atoms with Crippen molar-refractivity contribution in [2.45, 2.75) is 29.9 Å². The third-order valence-corrected chi connectivity index (χ3v) is 3.22. The van der Waals surface area contributed by atoms with E-state index in [-0.39, 0.29) is 6.42 Å². The minimum absolute atomic E-state index is 0.0230. The van der Waals surface area contributed by atoms with Crippen LogP contribution in [-0.4, -0.2) is 21.3 Å². The third-order valence-electron chi connectivity index (χ3n) is 1.20. The largest absolute Gasteiger partial charge is 0.481 e. The first-order valence-corrected chi connectivity index (χ1v) is 5.66. The Balaban J connectivity index is 2.58. The number of rotatable bonds is 4. The molecule has 0 spiro atoms. The van der Waals surface area contributed by atoms with Crippen molar-refractivity contribution in [1.29, 1.82) is 0 Å². The summed E-state index contributed by atoms with van der Waals surface area (Å²) in [5, 5.41) is 10.8. The van der Waals surface area contributed by atoms with Crippen LogP contribution >= 0.6 is 23.1 Å². The molecule has 0 radical (unpaired) electrons. The first kappa shape index (κ1) is 10.5. The molecule has 5 heteroatoms. The molecular weight excluding hydrogens is 206 g/mol. The SMILES string of the molecule is CC(C)Sc1nc(CC(=O)O)cs1. The number of hydrogen-bond donors (Lipinski definition) is 1. The summed E-state index contributed by atoms with van der Waals surface area (Å²) in [5.41, 5.74) is 0.653. The van der Waals surface area contributed by atoms with Crippen LogP contribution in [0.4, 0.5) is 0 Å². The molecule has 72 valence electrons. The fraction of sp³-hybridized carbons (Fsp3) is 0.500. The van der Waals surface area contributed by atoms with Gasteiger partial charge in [0.1, 0.15) is 4.34 Å². The third kappa shape index (κ3) is 3.78. The Morgan fingerprint density at radius 3 is 3.00 bits per heavy atom. The van der Waals surface area contributed by atoms with Crippen molar-refractivity contribution in [1.82, 2.24) is 4.98 Å². The van der Waals surface area contributed by atoms with Crippen molar-refractivity contribution < 1.29 is 9.90 Å². The normalized spacial score (nSPS) is 10.7. The molecule has 0 aromatic carbocycles. The van der Waals surface area contributed by atoms with Crippen LogP contribution in [0, 0.1) is 0 Å². The zero-order valence-electron chi connectivity index (χ0n) is 7.48. The summed E-state index contributed by atoms with van der Waals surface area (Å²) in [6.07, 6.45) is 0.0230. The van der Waals surface area contributed by atoms with E-state index in [1.165, 1.54) is 11.3 Å². The lowest BCUT2D eigenvalue weighted by Gasteiger charge is -1.97. The van der Waals surface area contributed by atoms with E-state index in [9.17, 15) is 4.79 Å². The zero-order chi connectivity index (χ0) is 9.84. The second-order valence-electron chi connectivity index (χ2n) is 2.84. The van der Waals surface area contributed by atoms with Crippen molar-refractivity contribution in [3.63, 3.8) is 0 Å². The summed E-state index contributed by atoms with van der Waals surface area (Å²) in [6, 6.07) is 0. The van der Waals surface area contributed by atoms with E-state index in [2.05, 4.69) is 18.8 Å². The Morgan fingerprint density at radius 1 is 1.77 bits per heavy atom. The van der Waals surface area contributed by atoms with Crippen molar-refractivity contribution >= 4 is 29.1 Å². The zero-order valence-corrected chi connectivity index (χ0v) is 9.11. The van der Waals surface area contributed by atoms with Gasteiger partial charge in [-0.05, 0) is 0 Å². The summed E-state index contributed by atoms with van der Waals surface area (Å²) in [5.74, 6) is -0.827. The predicted molar refractivity (Wildman–Crippen MR) is 54.4 cm³/mol. The molecule has 0 saturated carbocycles. The van der Waals surface area contributed by atoms with Crippen LogP contribution in [0.3, 0.4) is 0 Å². The summed E-state index contributed by atoms with van der Waals surface area (Å²) >= 11 is 3.17. The molecule has 0 aliphatic carbocycles. The molecule has 1 rings (SSSR count). The lowest BCUT2D eigenvalue weighted by molar-refractivity contribution is -0.136. The molecule has 1 N–H and O–H groups in total. The molecule has 0 atom stereocenters. The molecule has 3 nitrogen and oxygen atoms in total. The number of hydrogen-bond acceptors (Lipinski definition) is 4. The molecule has 1 aromatic heterocycles. The summed E-state index contributed by atoms with van der Waals surface area (Å²) in [6.45, 7) is 4.17. The van der Waals surface area contributed by atoms with Gasteiger partial charge in [0.25, 0.3) is 0 Å². The van der Waals surface area contributed by atoms with E-state index in [4.69, 9.17) is 5.11 Å². The predicted octanol–water partition coefficient (Wildman–Crippen LogP) is 2.27. The number of carboxylic acids is 1. The van der Waals surface area contributed by atoms with Gasteiger partial charge in [-0.1, -0.05) is 25.6 Å². The van der Waals surface area contributed by atoms with Gasteiger partial charge in [0, 0.05) is 10.6 Å². The molecule has 0 aliphatic heterocycles. The van der Waals surface area contributed by atoms with Crippen LogP contribution in [-0.2, 0) is 11.2 Å². The number of aliphatic carboxylic acids is 1. The van der Waals surface area contributed by atoms with Gasteiger partial charge in [-0.15, -0.1) is 11.3 Å². The van der Waals surface area contributed by atoms with E-state index in [0.717, 1.165) is 4.34 Å². The van der Waals surface area contributed by atoms with Crippen LogP contribution in [0.25, 0.3) is 0 Å². The quantitative estimate of drug-likeness (QED) is 0.786. The second-order valence-corrected chi connectivity index (χ2v) is 5.52. The lowest BCUT2D eigenvalue weighted by Crippen LogP contribution is -1.99. The number of carbonyl (C=O) groups is 1. The standard InChI is InChI=1S/C8H11NO2S2/c1-5(2)13-8-9-6(4-12-8)3-7(10)11/h4-5H,3H2,1-2H3,(H,10,11). The molecule has 1 aromatic rings. The van der Waals surface area contributed by atoms with Gasteiger partial charge in [0.15, 0.2) is 0 Å². The summed E-state index contributed by atoms with van der Waals surface area (Å²) < 4.78 is 0.950. The average molecular weight is 217 g/mol. The fourth-order valence-electron chi connectivity index (χ4n) is 0.780. The maximum atomic E-state index is 10.4. The average Bonchev–Trinajstić information content (AvgIpc) is 2.33. The van der Waals surface area contributed by atoms with Crippen LogP contribution in [0.15, 0.2) is 9.72 Å². The van der Waals surface area contributed by atoms with Gasteiger partial charge in [-0.3, -0.25) is 4.79 Å². The number of nitrogens with zero attached hydrogens (tertiary/aromatic N) is 1. The first-order chi connectivity index (χ1) is 6.08. The van der Waals surface area contributed by atoms with Gasteiger partial charge >= 0.3 is 5.97 Å². The molecule has 0 amide bonds. The Labute approximate surface area is 85.2 Å². The van der Waals surface area contributed by atoms with Gasteiger partial charge in [0.2, 0.25) is 0 Å². The molecule has 13 heavy (non-hydrogen) atoms. The monoisotopic (exact) mass is 217 g/mol. The smallest absolute Gasteiger partial charge is 0.309 e. The highest BCUT2D eigenvalue weighted by atomic mass is 32.2. The molecule has 0 aliphatic rings. The van der Waals surface area contributed by atoms with Gasteiger partial charge < -0.3 is 5.11 Å². The lowest BCUT2D eigenvalue weighted by atomic mass is 10.3. The van der Waals surface area contributed by atoms with Crippen molar-refractivity contribution in [2.24, 2.45) is 0 Å². The molecular formula is C8H11NO2S2. The van der Waals surface area contributed by atoms with E-state index in [0.29, 0.717) is 10.9 Å². The number of aromatic nitrogens is 1. The maximum absolute atomic E-state index is 10.4. The van der Waals surface area contributed by atoms with Gasteiger partial charge in [-0.25, -0.2) is 4.98 Å². The maximum Gasteiger partial charge on any atom is 0.309 e. The fourth-order valence-corrected chi connectivity index (χ4v) is 2.84. The Hall–Kier alpha value is -0.550. The van der Waals surface area contributed by atoms with Crippen LogP contribution in [0.5, 0.6) is 0 Å². The van der Waals surface area contributed by atoms with Crippen LogP contribution in [0.2, 0.25) is 0 Å². The highest BCUT2D eigenvalue weighted by Gasteiger charge is 2.07. The van der Waals surface area contributed by atoms with Crippen molar-refractivity contribution in [2.75, 3.05) is 0 Å². The topological polar surface area (TPSA) is 50.2 Å². The van der Waals surface area contributed by atoms with Gasteiger partial charge in [0.05, 0.1) is 12.1 Å². The highest BCUT2D eigenvalue weighted by Crippen LogP contribution is 2.26. The molecule has 0 bridgehead atoms. The number of thiazole rings is 1. The molecule has 0 unspecified atom stereocenters. The van der Waals surface area contributed by atoms with Crippen molar-refractivity contribution in [3.05, 3.63) is 11.1 Å². The van der Waals surface area contributed by atoms with Crippen LogP contribution in [0.1, 0.15) is 19.5 Å². The van der Waals surface area contributed by atoms with E-state index < -0.39 is 5.97 Å². The molecule has 0 fully saturated rings. The van der Waals surface area contributed by atoms with E-state index in [1.54, 1.807) is 17.1 Å². The second kappa shape index (κ2) is 4.62. The number of thioether (sulfide) groups is 1. The van der Waals surface area contributed by atoms with Crippen LogP contribution < -0.4 is 0 Å². The molecule has 0 saturated heterocycles. The van der Waals surface area contributed by atoms with E-state index >= 15 is 0 Å². The Morgan fingerprint density at radius 2 is 2.46 bits per heavy atom. The summed E-state index contributed by atoms with van der Waals surface area (Å²) in [4.78, 5) is 14.5. The minimum atomic E-state index is -0.827. The Kier molecular flexibility index (Phi) is 3.74. The summed E-state index contributed by atoms with van der Waals surface area (Å²) in [7, 11) is 0. The highest BCUT2D eigenvalue weighted by molar-refractivity contribution is 8.01. The van der Waals surface area contributed by atoms with Gasteiger partial charge in [-0.2, -0.15) is 0 Å². The first-order valence-electron chi connectivity index (χ1n) is 3.91. The number of carboxylic acid groups (broad SMARTS) is 1. The Bertz CT molecular complexity index is 296. The minimum Gasteiger partial charge on any atom is -0.481 e. The van der Waals surface area contributed by atoms with E-state index in [1.807, 2.05) is 0 Å². The van der Waals surface area contributed by atoms with Crippen molar-refractivity contribution in [3.8, 4) is 0 Å².